The van der Waals surface area contributed by atoms with Gasteiger partial charge in [-0.25, -0.2) is 0 Å². The Morgan fingerprint density at radius 1 is 1.28 bits per heavy atom. The molecule has 1 aromatic carbocycles. The minimum Gasteiger partial charge on any atom is -0.298 e. The molecule has 0 aliphatic heterocycles. The van der Waals surface area contributed by atoms with Gasteiger partial charge >= 0.3 is 0 Å². The second kappa shape index (κ2) is 6.01. The number of rotatable bonds is 5. The van der Waals surface area contributed by atoms with Crippen molar-refractivity contribution in [1.29, 1.82) is 0 Å². The molecule has 1 heterocycles. The van der Waals surface area contributed by atoms with Gasteiger partial charge in [-0.05, 0) is 22.9 Å². The fraction of sp³-hybridized carbons (Fsp3) is 0.333. The van der Waals surface area contributed by atoms with Crippen LogP contribution in [0, 0.1) is 0 Å². The van der Waals surface area contributed by atoms with E-state index in [-0.39, 0.29) is 5.78 Å². The van der Waals surface area contributed by atoms with Crippen LogP contribution in [0.1, 0.15) is 19.4 Å². The van der Waals surface area contributed by atoms with Crippen molar-refractivity contribution in [1.82, 2.24) is 4.98 Å². The summed E-state index contributed by atoms with van der Waals surface area (Å²) in [4.78, 5) is 16.2. The molecule has 2 rings (SSSR count). The number of nitrogens with zero attached hydrogens (tertiary/aromatic N) is 1. The van der Waals surface area contributed by atoms with Gasteiger partial charge in [0.1, 0.15) is 5.78 Å². The Morgan fingerprint density at radius 3 is 2.83 bits per heavy atom. The normalized spacial score (nSPS) is 11.1. The van der Waals surface area contributed by atoms with Gasteiger partial charge in [-0.2, -0.15) is 11.8 Å². The maximum absolute atomic E-state index is 11.9. The zero-order chi connectivity index (χ0) is 13.0. The van der Waals surface area contributed by atoms with Crippen LogP contribution < -0.4 is 0 Å². The smallest absolute Gasteiger partial charge is 0.147 e. The fourth-order valence-corrected chi connectivity index (χ4v) is 2.45. The van der Waals surface area contributed by atoms with Crippen LogP contribution in [0.2, 0.25) is 0 Å². The van der Waals surface area contributed by atoms with Crippen molar-refractivity contribution < 1.29 is 4.79 Å². The first-order valence-corrected chi connectivity index (χ1v) is 7.17. The Kier molecular flexibility index (Phi) is 4.37. The summed E-state index contributed by atoms with van der Waals surface area (Å²) in [5.74, 6) is 0.874. The van der Waals surface area contributed by atoms with E-state index in [0.29, 0.717) is 17.4 Å². The van der Waals surface area contributed by atoms with Gasteiger partial charge in [0.15, 0.2) is 0 Å². The SMILES string of the molecule is CC(C)SCC(=O)Cc1ccnc2ccccc12. The van der Waals surface area contributed by atoms with Crippen LogP contribution >= 0.6 is 11.8 Å². The first-order valence-electron chi connectivity index (χ1n) is 6.13. The molecule has 0 amide bonds. The summed E-state index contributed by atoms with van der Waals surface area (Å²) >= 11 is 1.70. The summed E-state index contributed by atoms with van der Waals surface area (Å²) in [6, 6.07) is 9.91. The summed E-state index contributed by atoms with van der Waals surface area (Å²) in [7, 11) is 0. The number of benzene rings is 1. The molecule has 18 heavy (non-hydrogen) atoms. The second-order valence-corrected chi connectivity index (χ2v) is 6.13. The highest BCUT2D eigenvalue weighted by molar-refractivity contribution is 8.00. The van der Waals surface area contributed by atoms with E-state index in [1.54, 1.807) is 18.0 Å². The third kappa shape index (κ3) is 3.33. The van der Waals surface area contributed by atoms with Gasteiger partial charge in [0, 0.05) is 18.0 Å². The number of Topliss-reactive ketones (excluding diaryl/α,β-unsaturated/α-hetero) is 1. The summed E-state index contributed by atoms with van der Waals surface area (Å²) in [5.41, 5.74) is 2.04. The highest BCUT2D eigenvalue weighted by Gasteiger charge is 2.08. The number of pyridine rings is 1. The lowest BCUT2D eigenvalue weighted by Gasteiger charge is -2.06. The maximum atomic E-state index is 11.9. The zero-order valence-electron chi connectivity index (χ0n) is 10.7. The maximum Gasteiger partial charge on any atom is 0.147 e. The van der Waals surface area contributed by atoms with E-state index in [4.69, 9.17) is 0 Å². The molecule has 1 aromatic heterocycles. The molecule has 0 atom stereocenters. The predicted molar refractivity (Wildman–Crippen MR) is 78.0 cm³/mol. The lowest BCUT2D eigenvalue weighted by Crippen LogP contribution is -2.08. The largest absolute Gasteiger partial charge is 0.298 e. The summed E-state index contributed by atoms with van der Waals surface area (Å²) in [5, 5.41) is 1.59. The highest BCUT2D eigenvalue weighted by Crippen LogP contribution is 2.18. The molecular formula is C15H17NOS. The average Bonchev–Trinajstić information content (AvgIpc) is 2.37. The minimum absolute atomic E-state index is 0.282. The van der Waals surface area contributed by atoms with E-state index in [1.807, 2.05) is 30.3 Å². The van der Waals surface area contributed by atoms with Gasteiger partial charge in [-0.1, -0.05) is 32.0 Å². The molecule has 94 valence electrons. The number of thioether (sulfide) groups is 1. The molecule has 0 bridgehead atoms. The Labute approximate surface area is 112 Å². The van der Waals surface area contributed by atoms with Crippen molar-refractivity contribution in [2.75, 3.05) is 5.75 Å². The van der Waals surface area contributed by atoms with Crippen molar-refractivity contribution in [2.24, 2.45) is 0 Å². The highest BCUT2D eigenvalue weighted by atomic mass is 32.2. The van der Waals surface area contributed by atoms with E-state index in [0.717, 1.165) is 16.5 Å². The first-order chi connectivity index (χ1) is 8.66. The third-order valence-corrected chi connectivity index (χ3v) is 3.86. The van der Waals surface area contributed by atoms with Crippen molar-refractivity contribution >= 4 is 28.4 Å². The van der Waals surface area contributed by atoms with Crippen LogP contribution in [0.15, 0.2) is 36.5 Å². The van der Waals surface area contributed by atoms with Crippen LogP contribution in [-0.2, 0) is 11.2 Å². The molecule has 0 N–H and O–H groups in total. The van der Waals surface area contributed by atoms with Gasteiger partial charge in [0.2, 0.25) is 0 Å². The summed E-state index contributed by atoms with van der Waals surface area (Å²) < 4.78 is 0. The molecule has 0 aliphatic carbocycles. The van der Waals surface area contributed by atoms with Gasteiger partial charge in [0.25, 0.3) is 0 Å². The van der Waals surface area contributed by atoms with Crippen molar-refractivity contribution in [2.45, 2.75) is 25.5 Å². The topological polar surface area (TPSA) is 30.0 Å². The molecule has 0 saturated heterocycles. The fourth-order valence-electron chi connectivity index (χ4n) is 1.83. The molecule has 3 heteroatoms. The number of carbonyl (C=O) groups excluding carboxylic acids is 1. The molecule has 0 fully saturated rings. The van der Waals surface area contributed by atoms with Gasteiger partial charge in [-0.3, -0.25) is 9.78 Å². The van der Waals surface area contributed by atoms with Gasteiger partial charge in [-0.15, -0.1) is 0 Å². The van der Waals surface area contributed by atoms with Crippen LogP contribution in [-0.4, -0.2) is 21.8 Å². The second-order valence-electron chi connectivity index (χ2n) is 4.56. The molecule has 2 aromatic rings. The van der Waals surface area contributed by atoms with Crippen LogP contribution in [0.3, 0.4) is 0 Å². The lowest BCUT2D eigenvalue weighted by atomic mass is 10.0. The minimum atomic E-state index is 0.282. The first kappa shape index (κ1) is 13.1. The van der Waals surface area contributed by atoms with Crippen molar-refractivity contribution in [3.8, 4) is 0 Å². The van der Waals surface area contributed by atoms with Gasteiger partial charge < -0.3 is 0 Å². The molecule has 0 saturated carbocycles. The number of ketones is 1. The monoisotopic (exact) mass is 259 g/mol. The van der Waals surface area contributed by atoms with E-state index in [1.165, 1.54) is 0 Å². The molecule has 2 nitrogen and oxygen atoms in total. The number of hydrogen-bond donors (Lipinski definition) is 0. The summed E-state index contributed by atoms with van der Waals surface area (Å²) in [6.45, 7) is 4.22. The number of para-hydroxylation sites is 1. The quantitative estimate of drug-likeness (QED) is 0.823. The molecule has 0 spiro atoms. The standard InChI is InChI=1S/C15H17NOS/c1-11(2)18-10-13(17)9-12-7-8-16-15-6-4-3-5-14(12)15/h3-8,11H,9-10H2,1-2H3. The van der Waals surface area contributed by atoms with E-state index in [9.17, 15) is 4.79 Å². The van der Waals surface area contributed by atoms with E-state index < -0.39 is 0 Å². The average molecular weight is 259 g/mol. The number of carbonyl (C=O) groups is 1. The third-order valence-electron chi connectivity index (χ3n) is 2.70. The Hall–Kier alpha value is -1.35. The molecule has 0 aliphatic rings. The Morgan fingerprint density at radius 2 is 2.06 bits per heavy atom. The summed E-state index contributed by atoms with van der Waals surface area (Å²) in [6.07, 6.45) is 2.28. The zero-order valence-corrected chi connectivity index (χ0v) is 11.5. The number of aromatic nitrogens is 1. The lowest BCUT2D eigenvalue weighted by molar-refractivity contribution is -0.115. The van der Waals surface area contributed by atoms with Crippen LogP contribution in [0.4, 0.5) is 0 Å². The van der Waals surface area contributed by atoms with Crippen molar-refractivity contribution in [3.05, 3.63) is 42.1 Å². The molecule has 0 radical (unpaired) electrons. The van der Waals surface area contributed by atoms with E-state index in [2.05, 4.69) is 18.8 Å². The predicted octanol–water partition coefficient (Wildman–Crippen LogP) is 3.49. The number of fused-ring (bicyclic) bond motifs is 1. The Balaban J connectivity index is 2.14. The molecule has 0 unspecified atom stereocenters. The number of hydrogen-bond acceptors (Lipinski definition) is 3. The van der Waals surface area contributed by atoms with Gasteiger partial charge in [0.05, 0.1) is 11.3 Å². The van der Waals surface area contributed by atoms with E-state index >= 15 is 0 Å². The van der Waals surface area contributed by atoms with Crippen LogP contribution in [0.25, 0.3) is 10.9 Å². The van der Waals surface area contributed by atoms with Crippen LogP contribution in [0.5, 0.6) is 0 Å². The van der Waals surface area contributed by atoms with Crippen molar-refractivity contribution in [3.63, 3.8) is 0 Å². The molecular weight excluding hydrogens is 242 g/mol. The Bertz CT molecular complexity index is 546.